The highest BCUT2D eigenvalue weighted by atomic mass is 16.1. The number of likely N-dealkylation sites (tertiary alicyclic amines) is 1. The van der Waals surface area contributed by atoms with Gasteiger partial charge in [-0.3, -0.25) is 14.8 Å². The van der Waals surface area contributed by atoms with Crippen LogP contribution in [-0.2, 0) is 0 Å². The van der Waals surface area contributed by atoms with Crippen LogP contribution in [0.1, 0.15) is 37.0 Å². The van der Waals surface area contributed by atoms with Gasteiger partial charge in [-0.05, 0) is 32.2 Å². The van der Waals surface area contributed by atoms with E-state index in [1.54, 1.807) is 23.1 Å². The first-order valence-electron chi connectivity index (χ1n) is 8.34. The van der Waals surface area contributed by atoms with Gasteiger partial charge in [-0.2, -0.15) is 0 Å². The summed E-state index contributed by atoms with van der Waals surface area (Å²) in [5, 5.41) is 6.05. The van der Waals surface area contributed by atoms with Crippen LogP contribution in [0.5, 0.6) is 0 Å². The van der Waals surface area contributed by atoms with Crippen LogP contribution in [0.2, 0.25) is 0 Å². The molecule has 6 heteroatoms. The van der Waals surface area contributed by atoms with E-state index in [4.69, 9.17) is 0 Å². The van der Waals surface area contributed by atoms with E-state index in [0.29, 0.717) is 17.1 Å². The summed E-state index contributed by atoms with van der Waals surface area (Å²) < 4.78 is 1.75. The summed E-state index contributed by atoms with van der Waals surface area (Å²) in [6.07, 6.45) is 9.72. The number of rotatable bonds is 6. The van der Waals surface area contributed by atoms with Crippen molar-refractivity contribution >= 4 is 11.6 Å². The number of carbonyl (C=O) groups excluding carboxylic acids is 1. The maximum atomic E-state index is 12.3. The molecule has 0 saturated carbocycles. The quantitative estimate of drug-likeness (QED) is 0.802. The summed E-state index contributed by atoms with van der Waals surface area (Å²) in [4.78, 5) is 19.0. The molecule has 124 valence electrons. The number of H-pyrrole nitrogens is 1. The first-order chi connectivity index (χ1) is 11.2. The third-order valence-electron chi connectivity index (χ3n) is 4.42. The Morgan fingerprint density at radius 2 is 2.43 bits per heavy atom. The maximum Gasteiger partial charge on any atom is 0.256 e. The van der Waals surface area contributed by atoms with Crippen LogP contribution in [-0.4, -0.2) is 51.6 Å². The third kappa shape index (κ3) is 3.64. The fourth-order valence-corrected chi connectivity index (χ4v) is 3.29. The van der Waals surface area contributed by atoms with Gasteiger partial charge in [0.25, 0.3) is 5.91 Å². The van der Waals surface area contributed by atoms with E-state index in [-0.39, 0.29) is 5.91 Å². The molecule has 2 aromatic rings. The summed E-state index contributed by atoms with van der Waals surface area (Å²) in [6, 6.07) is 0. The minimum atomic E-state index is -0.0528. The second kappa shape index (κ2) is 7.00. The molecule has 0 radical (unpaired) electrons. The Balaban J connectivity index is 1.49. The summed E-state index contributed by atoms with van der Waals surface area (Å²) in [5.74, 6) is 0.478. The van der Waals surface area contributed by atoms with Gasteiger partial charge in [-0.1, -0.05) is 18.6 Å². The van der Waals surface area contributed by atoms with Gasteiger partial charge in [0, 0.05) is 38.2 Å². The highest BCUT2D eigenvalue weighted by Gasteiger charge is 2.23. The second-order valence-corrected chi connectivity index (χ2v) is 6.37. The molecule has 2 N–H and O–H groups in total. The molecule has 3 rings (SSSR count). The van der Waals surface area contributed by atoms with E-state index < -0.39 is 0 Å². The van der Waals surface area contributed by atoms with Gasteiger partial charge in [0.1, 0.15) is 5.56 Å². The SMILES string of the molecule is CC/C=C(\C)CN1CCC(CNC(=O)c2c[nH]n3ccnc23)C1. The standard InChI is InChI=1S/C17H25N5O/c1-3-4-13(2)11-21-7-5-14(12-21)9-19-17(23)15-10-20-22-8-6-18-16(15)22/h4,6,8,10,14,20H,3,5,7,9,11-12H2,1-2H3,(H,19,23)/b13-4+. The topological polar surface area (TPSA) is 65.4 Å². The van der Waals surface area contributed by atoms with Crippen molar-refractivity contribution in [3.05, 3.63) is 35.8 Å². The molecule has 23 heavy (non-hydrogen) atoms. The first-order valence-corrected chi connectivity index (χ1v) is 8.34. The van der Waals surface area contributed by atoms with Crippen LogP contribution in [0.25, 0.3) is 5.65 Å². The average molecular weight is 315 g/mol. The van der Waals surface area contributed by atoms with Crippen molar-refractivity contribution in [3.63, 3.8) is 0 Å². The molecular weight excluding hydrogens is 290 g/mol. The van der Waals surface area contributed by atoms with E-state index in [1.807, 2.05) is 0 Å². The first kappa shape index (κ1) is 15.8. The van der Waals surface area contributed by atoms with Crippen molar-refractivity contribution in [2.45, 2.75) is 26.7 Å². The van der Waals surface area contributed by atoms with E-state index in [2.05, 4.69) is 40.2 Å². The Kier molecular flexibility index (Phi) is 4.81. The molecule has 6 nitrogen and oxygen atoms in total. The monoisotopic (exact) mass is 315 g/mol. The minimum Gasteiger partial charge on any atom is -0.352 e. The number of aromatic nitrogens is 3. The molecule has 3 heterocycles. The zero-order chi connectivity index (χ0) is 16.2. The van der Waals surface area contributed by atoms with Crippen molar-refractivity contribution in [1.82, 2.24) is 24.8 Å². The van der Waals surface area contributed by atoms with Gasteiger partial charge in [-0.25, -0.2) is 9.50 Å². The lowest BCUT2D eigenvalue weighted by Crippen LogP contribution is -2.31. The van der Waals surface area contributed by atoms with Gasteiger partial charge < -0.3 is 5.32 Å². The smallest absolute Gasteiger partial charge is 0.256 e. The van der Waals surface area contributed by atoms with Crippen LogP contribution < -0.4 is 5.32 Å². The third-order valence-corrected chi connectivity index (χ3v) is 4.42. The highest BCUT2D eigenvalue weighted by Crippen LogP contribution is 2.17. The van der Waals surface area contributed by atoms with Gasteiger partial charge in [0.05, 0.1) is 0 Å². The van der Waals surface area contributed by atoms with Crippen LogP contribution in [0.3, 0.4) is 0 Å². The van der Waals surface area contributed by atoms with Crippen molar-refractivity contribution in [2.75, 3.05) is 26.2 Å². The van der Waals surface area contributed by atoms with E-state index >= 15 is 0 Å². The van der Waals surface area contributed by atoms with Crippen LogP contribution in [0, 0.1) is 5.92 Å². The normalized spacial score (nSPS) is 19.6. The van der Waals surface area contributed by atoms with Gasteiger partial charge >= 0.3 is 0 Å². The lowest BCUT2D eigenvalue weighted by atomic mass is 10.1. The number of fused-ring (bicyclic) bond motifs is 1. The largest absolute Gasteiger partial charge is 0.352 e. The van der Waals surface area contributed by atoms with E-state index in [1.165, 1.54) is 5.57 Å². The fourth-order valence-electron chi connectivity index (χ4n) is 3.29. The van der Waals surface area contributed by atoms with Gasteiger partial charge in [0.2, 0.25) is 0 Å². The number of allylic oxidation sites excluding steroid dienone is 1. The van der Waals surface area contributed by atoms with Crippen LogP contribution in [0.15, 0.2) is 30.2 Å². The number of imidazole rings is 1. The van der Waals surface area contributed by atoms with Gasteiger partial charge in [-0.15, -0.1) is 0 Å². The molecule has 1 saturated heterocycles. The van der Waals surface area contributed by atoms with E-state index in [0.717, 1.165) is 39.0 Å². The minimum absolute atomic E-state index is 0.0528. The maximum absolute atomic E-state index is 12.3. The molecular formula is C17H25N5O. The zero-order valence-electron chi connectivity index (χ0n) is 13.9. The molecule has 1 atom stereocenters. The molecule has 0 spiro atoms. The Labute approximate surface area is 136 Å². The molecule has 1 amide bonds. The number of amides is 1. The van der Waals surface area contributed by atoms with Gasteiger partial charge in [0.15, 0.2) is 5.65 Å². The molecule has 0 aromatic carbocycles. The number of carbonyl (C=O) groups is 1. The Morgan fingerprint density at radius 1 is 1.57 bits per heavy atom. The predicted molar refractivity (Wildman–Crippen MR) is 90.5 cm³/mol. The number of aromatic amines is 1. The van der Waals surface area contributed by atoms with Crippen molar-refractivity contribution in [1.29, 1.82) is 0 Å². The average Bonchev–Trinajstić information content (AvgIpc) is 3.21. The van der Waals surface area contributed by atoms with Crippen molar-refractivity contribution < 1.29 is 4.79 Å². The van der Waals surface area contributed by atoms with Crippen LogP contribution in [0.4, 0.5) is 0 Å². The van der Waals surface area contributed by atoms with E-state index in [9.17, 15) is 4.79 Å². The highest BCUT2D eigenvalue weighted by molar-refractivity contribution is 5.99. The predicted octanol–water partition coefficient (Wildman–Crippen LogP) is 2.07. The molecule has 1 aliphatic heterocycles. The molecule has 1 fully saturated rings. The Morgan fingerprint density at radius 3 is 3.26 bits per heavy atom. The summed E-state index contributed by atoms with van der Waals surface area (Å²) in [5.41, 5.74) is 2.72. The summed E-state index contributed by atoms with van der Waals surface area (Å²) in [7, 11) is 0. The van der Waals surface area contributed by atoms with Crippen molar-refractivity contribution in [3.8, 4) is 0 Å². The van der Waals surface area contributed by atoms with Crippen molar-refractivity contribution in [2.24, 2.45) is 5.92 Å². The Bertz CT molecular complexity index is 699. The number of nitrogens with one attached hydrogen (secondary N) is 2. The summed E-state index contributed by atoms with van der Waals surface area (Å²) >= 11 is 0. The fraction of sp³-hybridized carbons (Fsp3) is 0.529. The van der Waals surface area contributed by atoms with Crippen LogP contribution >= 0.6 is 0 Å². The number of hydrogen-bond donors (Lipinski definition) is 2. The Hall–Kier alpha value is -2.08. The lowest BCUT2D eigenvalue weighted by Gasteiger charge is -2.16. The molecule has 1 aliphatic rings. The molecule has 0 bridgehead atoms. The molecule has 2 aromatic heterocycles. The lowest BCUT2D eigenvalue weighted by molar-refractivity contribution is 0.0949. The zero-order valence-corrected chi connectivity index (χ0v) is 13.9. The number of hydrogen-bond acceptors (Lipinski definition) is 3. The number of nitrogens with zero attached hydrogens (tertiary/aromatic N) is 3. The summed E-state index contributed by atoms with van der Waals surface area (Å²) in [6.45, 7) is 8.31. The second-order valence-electron chi connectivity index (χ2n) is 6.37. The molecule has 1 unspecified atom stereocenters. The molecule has 0 aliphatic carbocycles.